The van der Waals surface area contributed by atoms with Gasteiger partial charge in [0, 0.05) is 37.1 Å². The van der Waals surface area contributed by atoms with Crippen LogP contribution in [0.15, 0.2) is 24.8 Å². The van der Waals surface area contributed by atoms with Crippen LogP contribution in [0.2, 0.25) is 0 Å². The molecular formula is C19H22FN7O. The molecule has 3 aromatic rings. The third kappa shape index (κ3) is 3.29. The zero-order chi connectivity index (χ0) is 19.8. The summed E-state index contributed by atoms with van der Waals surface area (Å²) in [4.78, 5) is 27.5. The van der Waals surface area contributed by atoms with Crippen LogP contribution in [-0.2, 0) is 0 Å². The van der Waals surface area contributed by atoms with Crippen molar-refractivity contribution < 1.29 is 9.18 Å². The molecule has 8 nitrogen and oxygen atoms in total. The number of hydrogen-bond acceptors (Lipinski definition) is 6. The van der Waals surface area contributed by atoms with Crippen LogP contribution < -0.4 is 15.5 Å². The summed E-state index contributed by atoms with van der Waals surface area (Å²) in [5, 5.41) is 5.83. The van der Waals surface area contributed by atoms with Crippen molar-refractivity contribution in [2.45, 2.75) is 26.3 Å². The molecule has 4 rings (SSSR count). The molecule has 1 atom stereocenters. The summed E-state index contributed by atoms with van der Waals surface area (Å²) in [6.07, 6.45) is 7.33. The van der Waals surface area contributed by atoms with Crippen LogP contribution in [0, 0.1) is 19.7 Å². The zero-order valence-electron chi connectivity index (χ0n) is 16.0. The molecule has 0 saturated carbocycles. The second-order valence-corrected chi connectivity index (χ2v) is 7.03. The number of aromatic nitrogens is 4. The number of imidazole rings is 1. The number of amides is 1. The van der Waals surface area contributed by atoms with Gasteiger partial charge in [0.1, 0.15) is 17.2 Å². The number of rotatable bonds is 4. The van der Waals surface area contributed by atoms with Gasteiger partial charge in [0.25, 0.3) is 5.91 Å². The number of anilines is 2. The maximum Gasteiger partial charge on any atom is 0.275 e. The average molecular weight is 383 g/mol. The number of nitrogens with one attached hydrogen (secondary N) is 2. The summed E-state index contributed by atoms with van der Waals surface area (Å²) < 4.78 is 16.3. The molecule has 146 valence electrons. The quantitative estimate of drug-likeness (QED) is 0.716. The highest BCUT2D eigenvalue weighted by Crippen LogP contribution is 2.23. The second-order valence-electron chi connectivity index (χ2n) is 7.03. The molecule has 1 aliphatic rings. The molecule has 1 saturated heterocycles. The first-order chi connectivity index (χ1) is 13.5. The molecule has 0 spiro atoms. The van der Waals surface area contributed by atoms with Gasteiger partial charge in [-0.05, 0) is 27.3 Å². The minimum Gasteiger partial charge on any atom is -0.354 e. The summed E-state index contributed by atoms with van der Waals surface area (Å²) in [5.74, 6) is -0.291. The Labute approximate surface area is 161 Å². The minimum absolute atomic E-state index is 0.0784. The van der Waals surface area contributed by atoms with E-state index in [2.05, 4.69) is 30.5 Å². The van der Waals surface area contributed by atoms with Gasteiger partial charge in [0.2, 0.25) is 0 Å². The van der Waals surface area contributed by atoms with Gasteiger partial charge in [-0.25, -0.2) is 19.3 Å². The van der Waals surface area contributed by atoms with Crippen LogP contribution in [0.1, 0.15) is 28.2 Å². The van der Waals surface area contributed by atoms with E-state index in [9.17, 15) is 9.18 Å². The Hall–Kier alpha value is -3.07. The van der Waals surface area contributed by atoms with Gasteiger partial charge < -0.3 is 19.9 Å². The lowest BCUT2D eigenvalue weighted by Gasteiger charge is -2.17. The fourth-order valence-corrected chi connectivity index (χ4v) is 3.47. The lowest BCUT2D eigenvalue weighted by Crippen LogP contribution is -2.30. The van der Waals surface area contributed by atoms with Crippen molar-refractivity contribution in [3.8, 4) is 0 Å². The molecule has 1 aliphatic heterocycles. The Morgan fingerprint density at radius 1 is 1.25 bits per heavy atom. The highest BCUT2D eigenvalue weighted by Gasteiger charge is 2.23. The maximum atomic E-state index is 14.6. The van der Waals surface area contributed by atoms with Crippen molar-refractivity contribution in [3.05, 3.63) is 47.6 Å². The molecule has 0 bridgehead atoms. The molecule has 28 heavy (non-hydrogen) atoms. The number of fused-ring (bicyclic) bond motifs is 1. The zero-order valence-corrected chi connectivity index (χ0v) is 16.0. The van der Waals surface area contributed by atoms with Crippen LogP contribution in [0.4, 0.5) is 15.9 Å². The summed E-state index contributed by atoms with van der Waals surface area (Å²) >= 11 is 0. The van der Waals surface area contributed by atoms with Gasteiger partial charge in [-0.2, -0.15) is 0 Å². The SMILES string of the molecule is CN[C@@H]1CCN(c2cnc(C(=O)Nc3cn4cc(C)nc4c(C)c3F)cn2)C1. The lowest BCUT2D eigenvalue weighted by molar-refractivity contribution is 0.102. The van der Waals surface area contributed by atoms with Crippen molar-refractivity contribution in [2.24, 2.45) is 0 Å². The molecule has 0 aliphatic carbocycles. The first kappa shape index (κ1) is 18.3. The van der Waals surface area contributed by atoms with E-state index in [1.165, 1.54) is 12.4 Å². The van der Waals surface area contributed by atoms with Crippen LogP contribution in [0.3, 0.4) is 0 Å². The monoisotopic (exact) mass is 383 g/mol. The Morgan fingerprint density at radius 3 is 2.75 bits per heavy atom. The molecule has 0 aromatic carbocycles. The largest absolute Gasteiger partial charge is 0.354 e. The molecule has 4 heterocycles. The Balaban J connectivity index is 1.52. The predicted molar refractivity (Wildman–Crippen MR) is 104 cm³/mol. The van der Waals surface area contributed by atoms with Crippen molar-refractivity contribution >= 4 is 23.1 Å². The van der Waals surface area contributed by atoms with Crippen LogP contribution in [-0.4, -0.2) is 51.4 Å². The first-order valence-electron chi connectivity index (χ1n) is 9.16. The number of aryl methyl sites for hydroxylation is 2. The van der Waals surface area contributed by atoms with Crippen molar-refractivity contribution in [1.29, 1.82) is 0 Å². The average Bonchev–Trinajstić information content (AvgIpc) is 3.32. The van der Waals surface area contributed by atoms with Crippen molar-refractivity contribution in [2.75, 3.05) is 30.4 Å². The molecule has 1 fully saturated rings. The lowest BCUT2D eigenvalue weighted by atomic mass is 10.2. The van der Waals surface area contributed by atoms with Crippen molar-refractivity contribution in [1.82, 2.24) is 24.7 Å². The van der Waals surface area contributed by atoms with E-state index >= 15 is 0 Å². The Morgan fingerprint density at radius 2 is 2.07 bits per heavy atom. The van der Waals surface area contributed by atoms with Gasteiger partial charge >= 0.3 is 0 Å². The minimum atomic E-state index is -0.511. The van der Waals surface area contributed by atoms with E-state index in [-0.39, 0.29) is 11.4 Å². The highest BCUT2D eigenvalue weighted by atomic mass is 19.1. The molecule has 0 unspecified atom stereocenters. The van der Waals surface area contributed by atoms with Gasteiger partial charge in [0.15, 0.2) is 5.82 Å². The second kappa shape index (κ2) is 7.16. The van der Waals surface area contributed by atoms with Gasteiger partial charge in [-0.3, -0.25) is 4.79 Å². The van der Waals surface area contributed by atoms with E-state index in [0.29, 0.717) is 17.3 Å². The summed E-state index contributed by atoms with van der Waals surface area (Å²) in [5.41, 5.74) is 1.89. The van der Waals surface area contributed by atoms with Crippen molar-refractivity contribution in [3.63, 3.8) is 0 Å². The smallest absolute Gasteiger partial charge is 0.275 e. The Bertz CT molecular complexity index is 1030. The highest BCUT2D eigenvalue weighted by molar-refractivity contribution is 6.02. The van der Waals surface area contributed by atoms with Gasteiger partial charge in [-0.15, -0.1) is 0 Å². The number of carbonyl (C=O) groups excluding carboxylic acids is 1. The fraction of sp³-hybridized carbons (Fsp3) is 0.368. The molecule has 9 heteroatoms. The maximum absolute atomic E-state index is 14.6. The van der Waals surface area contributed by atoms with Crippen LogP contribution in [0.25, 0.3) is 5.65 Å². The number of likely N-dealkylation sites (N-methyl/N-ethyl adjacent to an activating group) is 1. The summed E-state index contributed by atoms with van der Waals surface area (Å²) in [6, 6.07) is 0.428. The summed E-state index contributed by atoms with van der Waals surface area (Å²) in [6.45, 7) is 5.21. The van der Waals surface area contributed by atoms with Gasteiger partial charge in [-0.1, -0.05) is 0 Å². The van der Waals surface area contributed by atoms with E-state index < -0.39 is 11.7 Å². The van der Waals surface area contributed by atoms with Crippen LogP contribution in [0.5, 0.6) is 0 Å². The predicted octanol–water partition coefficient (Wildman–Crippen LogP) is 1.93. The molecule has 1 amide bonds. The normalized spacial score (nSPS) is 16.7. The van der Waals surface area contributed by atoms with E-state index in [1.54, 1.807) is 23.7 Å². The number of carbonyl (C=O) groups is 1. The molecule has 3 aromatic heterocycles. The molecular weight excluding hydrogens is 361 g/mol. The topological polar surface area (TPSA) is 87.5 Å². The third-order valence-corrected chi connectivity index (χ3v) is 5.06. The molecule has 2 N–H and O–H groups in total. The van der Waals surface area contributed by atoms with E-state index in [1.807, 2.05) is 14.0 Å². The Kier molecular flexibility index (Phi) is 4.68. The van der Waals surface area contributed by atoms with Crippen LogP contribution >= 0.6 is 0 Å². The number of halogens is 1. The van der Waals surface area contributed by atoms with E-state index in [4.69, 9.17) is 0 Å². The summed E-state index contributed by atoms with van der Waals surface area (Å²) in [7, 11) is 1.94. The van der Waals surface area contributed by atoms with Gasteiger partial charge in [0.05, 0.1) is 23.8 Å². The molecule has 0 radical (unpaired) electrons. The number of hydrogen-bond donors (Lipinski definition) is 2. The third-order valence-electron chi connectivity index (χ3n) is 5.06. The number of nitrogens with zero attached hydrogens (tertiary/aromatic N) is 5. The van der Waals surface area contributed by atoms with E-state index in [0.717, 1.165) is 31.0 Å². The standard InChI is InChI=1S/C19H22FN7O/c1-11-8-27-10-15(17(20)12(2)18(27)24-11)25-19(28)14-6-23-16(7-22-14)26-5-4-13(9-26)21-3/h6-8,10,13,21H,4-5,9H2,1-3H3,(H,25,28)/t13-/m1/s1. The number of pyridine rings is 1. The first-order valence-corrected chi connectivity index (χ1v) is 9.16. The fourth-order valence-electron chi connectivity index (χ4n) is 3.47.